The van der Waals surface area contributed by atoms with Crippen LogP contribution in [0.25, 0.3) is 0 Å². The van der Waals surface area contributed by atoms with Crippen LogP contribution in [0.2, 0.25) is 0 Å². The van der Waals surface area contributed by atoms with E-state index in [2.05, 4.69) is 19.2 Å². The maximum absolute atomic E-state index is 12.4. The normalized spacial score (nSPS) is 17.4. The molecule has 2 heterocycles. The molecular weight excluding hydrogens is 372 g/mol. The topological polar surface area (TPSA) is 88.8 Å². The predicted molar refractivity (Wildman–Crippen MR) is 107 cm³/mol. The lowest BCUT2D eigenvalue weighted by molar-refractivity contribution is -0.157. The van der Waals surface area contributed by atoms with Crippen LogP contribution >= 0.6 is 0 Å². The van der Waals surface area contributed by atoms with Crippen molar-refractivity contribution in [2.45, 2.75) is 45.8 Å². The zero-order valence-corrected chi connectivity index (χ0v) is 16.9. The molecule has 0 aliphatic carbocycles. The van der Waals surface area contributed by atoms with Crippen molar-refractivity contribution >= 4 is 23.5 Å². The van der Waals surface area contributed by atoms with Crippen molar-refractivity contribution < 1.29 is 23.5 Å². The highest BCUT2D eigenvalue weighted by Crippen LogP contribution is 2.22. The van der Waals surface area contributed by atoms with Gasteiger partial charge in [0.15, 0.2) is 6.10 Å². The quantitative estimate of drug-likeness (QED) is 0.723. The number of anilines is 1. The van der Waals surface area contributed by atoms with E-state index >= 15 is 0 Å². The number of esters is 1. The molecule has 1 aromatic carbocycles. The Labute approximate surface area is 170 Å². The van der Waals surface area contributed by atoms with Gasteiger partial charge in [-0.2, -0.15) is 0 Å². The molecule has 1 aliphatic rings. The molecule has 1 aliphatic heterocycles. The van der Waals surface area contributed by atoms with Gasteiger partial charge in [-0.1, -0.05) is 26.0 Å². The fourth-order valence-electron chi connectivity index (χ4n) is 3.19. The molecule has 1 saturated heterocycles. The van der Waals surface area contributed by atoms with Crippen molar-refractivity contribution in [3.05, 3.63) is 54.0 Å². The summed E-state index contributed by atoms with van der Waals surface area (Å²) in [5, 5.41) is 2.75. The monoisotopic (exact) mass is 398 g/mol. The summed E-state index contributed by atoms with van der Waals surface area (Å²) in [6, 6.07) is 11.1. The Morgan fingerprint density at radius 2 is 1.93 bits per heavy atom. The molecule has 3 rings (SSSR count). The molecule has 2 amide bonds. The van der Waals surface area contributed by atoms with E-state index in [0.29, 0.717) is 23.9 Å². The number of hydrogen-bond acceptors (Lipinski definition) is 5. The van der Waals surface area contributed by atoms with Crippen LogP contribution in [0.1, 0.15) is 44.4 Å². The Hall–Kier alpha value is -3.09. The number of nitrogens with zero attached hydrogens (tertiary/aromatic N) is 1. The number of rotatable bonds is 7. The van der Waals surface area contributed by atoms with Gasteiger partial charge in [0.25, 0.3) is 5.91 Å². The molecule has 2 atom stereocenters. The van der Waals surface area contributed by atoms with E-state index < -0.39 is 23.9 Å². The summed E-state index contributed by atoms with van der Waals surface area (Å²) >= 11 is 0. The van der Waals surface area contributed by atoms with Crippen LogP contribution < -0.4 is 5.32 Å². The molecule has 1 aromatic heterocycles. The Kier molecular flexibility index (Phi) is 6.36. The summed E-state index contributed by atoms with van der Waals surface area (Å²) in [6.07, 6.45) is 0.657. The first-order valence-electron chi connectivity index (χ1n) is 9.75. The smallest absolute Gasteiger partial charge is 0.312 e. The van der Waals surface area contributed by atoms with E-state index in [0.717, 1.165) is 0 Å². The fraction of sp³-hybridized carbons (Fsp3) is 0.409. The average Bonchev–Trinajstić information content (AvgIpc) is 3.32. The summed E-state index contributed by atoms with van der Waals surface area (Å²) in [4.78, 5) is 38.5. The Morgan fingerprint density at radius 1 is 1.21 bits per heavy atom. The van der Waals surface area contributed by atoms with Crippen LogP contribution in [0.15, 0.2) is 47.1 Å². The van der Waals surface area contributed by atoms with Crippen LogP contribution in [-0.4, -0.2) is 35.3 Å². The van der Waals surface area contributed by atoms with Gasteiger partial charge in [-0.25, -0.2) is 0 Å². The van der Waals surface area contributed by atoms with E-state index in [-0.39, 0.29) is 18.9 Å². The second-order valence-corrected chi connectivity index (χ2v) is 7.60. The third-order valence-corrected chi connectivity index (χ3v) is 4.98. The highest BCUT2D eigenvalue weighted by Gasteiger charge is 2.36. The van der Waals surface area contributed by atoms with Gasteiger partial charge in [0.05, 0.1) is 18.7 Å². The summed E-state index contributed by atoms with van der Waals surface area (Å²) < 4.78 is 10.6. The molecule has 2 aromatic rings. The highest BCUT2D eigenvalue weighted by atomic mass is 16.5. The summed E-state index contributed by atoms with van der Waals surface area (Å²) in [6.45, 7) is 6.28. The minimum Gasteiger partial charge on any atom is -0.467 e. The lowest BCUT2D eigenvalue weighted by Crippen LogP contribution is -2.33. The van der Waals surface area contributed by atoms with Crippen molar-refractivity contribution in [1.82, 2.24) is 4.90 Å². The average molecular weight is 398 g/mol. The van der Waals surface area contributed by atoms with Crippen LogP contribution in [0.3, 0.4) is 0 Å². The zero-order valence-electron chi connectivity index (χ0n) is 16.9. The van der Waals surface area contributed by atoms with Crippen molar-refractivity contribution in [2.24, 2.45) is 5.92 Å². The van der Waals surface area contributed by atoms with Crippen molar-refractivity contribution in [1.29, 1.82) is 0 Å². The first kappa shape index (κ1) is 20.6. The van der Waals surface area contributed by atoms with Crippen LogP contribution in [0, 0.1) is 5.92 Å². The lowest BCUT2D eigenvalue weighted by Gasteiger charge is -2.17. The number of carbonyl (C=O) groups is 3. The summed E-state index contributed by atoms with van der Waals surface area (Å²) in [5.74, 6) is -0.612. The predicted octanol–water partition coefficient (Wildman–Crippen LogP) is 3.32. The van der Waals surface area contributed by atoms with E-state index in [1.165, 1.54) is 18.8 Å². The molecule has 0 spiro atoms. The fourth-order valence-corrected chi connectivity index (χ4v) is 3.19. The molecule has 0 bridgehead atoms. The second kappa shape index (κ2) is 8.94. The summed E-state index contributed by atoms with van der Waals surface area (Å²) in [7, 11) is 0. The van der Waals surface area contributed by atoms with Crippen molar-refractivity contribution in [2.75, 3.05) is 11.9 Å². The molecule has 29 heavy (non-hydrogen) atoms. The van der Waals surface area contributed by atoms with E-state index in [1.807, 2.05) is 24.3 Å². The zero-order chi connectivity index (χ0) is 21.0. The summed E-state index contributed by atoms with van der Waals surface area (Å²) in [5.41, 5.74) is 1.82. The minimum atomic E-state index is -0.957. The number of likely N-dealkylation sites (tertiary alicyclic amines) is 1. The van der Waals surface area contributed by atoms with E-state index in [4.69, 9.17) is 9.15 Å². The largest absolute Gasteiger partial charge is 0.467 e. The number of furan rings is 1. The first-order valence-corrected chi connectivity index (χ1v) is 9.75. The molecule has 154 valence electrons. The number of hydrogen-bond donors (Lipinski definition) is 1. The van der Waals surface area contributed by atoms with E-state index in [9.17, 15) is 14.4 Å². The van der Waals surface area contributed by atoms with Gasteiger partial charge in [-0.15, -0.1) is 0 Å². The van der Waals surface area contributed by atoms with Crippen LogP contribution in [0.5, 0.6) is 0 Å². The van der Waals surface area contributed by atoms with Gasteiger partial charge in [0.2, 0.25) is 5.91 Å². The number of carbonyl (C=O) groups excluding carboxylic acids is 3. The van der Waals surface area contributed by atoms with Gasteiger partial charge >= 0.3 is 5.97 Å². The molecule has 0 unspecified atom stereocenters. The Balaban J connectivity index is 1.50. The second-order valence-electron chi connectivity index (χ2n) is 7.60. The number of amides is 2. The number of nitrogens with one attached hydrogen (secondary N) is 1. The molecule has 7 heteroatoms. The van der Waals surface area contributed by atoms with Gasteiger partial charge in [-0.05, 0) is 42.7 Å². The molecule has 7 nitrogen and oxygen atoms in total. The van der Waals surface area contributed by atoms with Crippen molar-refractivity contribution in [3.63, 3.8) is 0 Å². The van der Waals surface area contributed by atoms with Gasteiger partial charge in [-0.3, -0.25) is 14.4 Å². The maximum atomic E-state index is 12.4. The molecule has 1 N–H and O–H groups in total. The van der Waals surface area contributed by atoms with Gasteiger partial charge < -0.3 is 19.4 Å². The Bertz CT molecular complexity index is 858. The van der Waals surface area contributed by atoms with Crippen LogP contribution in [-0.2, 0) is 25.7 Å². The number of ether oxygens (including phenoxy) is 1. The van der Waals surface area contributed by atoms with Crippen molar-refractivity contribution in [3.8, 4) is 0 Å². The van der Waals surface area contributed by atoms with E-state index in [1.54, 1.807) is 17.0 Å². The minimum absolute atomic E-state index is 0.0740. The standard InChI is InChI=1S/C22H26N2O5/c1-14(2)16-6-8-18(9-7-16)23-21(26)15(3)29-22(27)17-11-20(25)24(12-17)13-19-5-4-10-28-19/h4-10,14-15,17H,11-13H2,1-3H3,(H,23,26)/t15-,17-/m0/s1. The first-order chi connectivity index (χ1) is 13.8. The lowest BCUT2D eigenvalue weighted by atomic mass is 10.0. The van der Waals surface area contributed by atoms with Crippen LogP contribution in [0.4, 0.5) is 5.69 Å². The number of benzene rings is 1. The third-order valence-electron chi connectivity index (χ3n) is 4.98. The molecular formula is C22H26N2O5. The highest BCUT2D eigenvalue weighted by molar-refractivity contribution is 5.95. The molecule has 1 fully saturated rings. The molecule has 0 radical (unpaired) electrons. The van der Waals surface area contributed by atoms with Gasteiger partial charge in [0, 0.05) is 18.7 Å². The molecule has 0 saturated carbocycles. The maximum Gasteiger partial charge on any atom is 0.312 e. The third kappa shape index (κ3) is 5.25. The van der Waals surface area contributed by atoms with Gasteiger partial charge in [0.1, 0.15) is 5.76 Å². The Morgan fingerprint density at radius 3 is 2.55 bits per heavy atom. The SMILES string of the molecule is CC(C)c1ccc(NC(=O)[C@H](C)OC(=O)[C@H]2CC(=O)N(Cc3ccco3)C2)cc1.